The number of hydrogen-bond donors (Lipinski definition) is 0. The summed E-state index contributed by atoms with van der Waals surface area (Å²) in [5, 5.41) is 0. The topological polar surface area (TPSA) is 40.6 Å². The van der Waals surface area contributed by atoms with Gasteiger partial charge in [0, 0.05) is 30.9 Å². The van der Waals surface area contributed by atoms with Gasteiger partial charge in [0.15, 0.2) is 0 Å². The van der Waals surface area contributed by atoms with Crippen LogP contribution in [-0.2, 0) is 10.0 Å². The molecule has 23 heavy (non-hydrogen) atoms. The highest BCUT2D eigenvalue weighted by Crippen LogP contribution is 2.39. The van der Waals surface area contributed by atoms with E-state index < -0.39 is 10.0 Å². The summed E-state index contributed by atoms with van der Waals surface area (Å²) in [6.45, 7) is 12.1. The summed E-state index contributed by atoms with van der Waals surface area (Å²) in [4.78, 5) is 2.32. The SMILES string of the molecule is CCN1c2ccccc2C(CS(=O)(=O)N(CC)CC)=CC1(C)C. The maximum absolute atomic E-state index is 12.7. The van der Waals surface area contributed by atoms with E-state index in [1.165, 1.54) is 4.31 Å². The fourth-order valence-corrected chi connectivity index (χ4v) is 5.08. The number of fused-ring (bicyclic) bond motifs is 1. The van der Waals surface area contributed by atoms with Crippen LogP contribution in [0.15, 0.2) is 30.3 Å². The average molecular weight is 337 g/mol. The zero-order valence-electron chi connectivity index (χ0n) is 14.8. The van der Waals surface area contributed by atoms with Gasteiger partial charge in [-0.25, -0.2) is 12.7 Å². The molecule has 1 aliphatic heterocycles. The van der Waals surface area contributed by atoms with E-state index in [4.69, 9.17) is 0 Å². The molecule has 1 aromatic carbocycles. The minimum absolute atomic E-state index is 0.0622. The largest absolute Gasteiger partial charge is 0.363 e. The second-order valence-electron chi connectivity index (χ2n) is 6.43. The zero-order valence-corrected chi connectivity index (χ0v) is 15.7. The number of hydrogen-bond acceptors (Lipinski definition) is 3. The van der Waals surface area contributed by atoms with Gasteiger partial charge in [-0.1, -0.05) is 38.1 Å². The van der Waals surface area contributed by atoms with Gasteiger partial charge in [0.1, 0.15) is 0 Å². The average Bonchev–Trinajstić information content (AvgIpc) is 2.47. The summed E-state index contributed by atoms with van der Waals surface area (Å²) in [5.41, 5.74) is 2.86. The Morgan fingerprint density at radius 2 is 1.70 bits per heavy atom. The molecule has 0 fully saturated rings. The summed E-state index contributed by atoms with van der Waals surface area (Å²) in [6.07, 6.45) is 2.11. The molecule has 0 unspecified atom stereocenters. The van der Waals surface area contributed by atoms with Gasteiger partial charge < -0.3 is 4.90 Å². The lowest BCUT2D eigenvalue weighted by Crippen LogP contribution is -2.45. The van der Waals surface area contributed by atoms with Crippen molar-refractivity contribution in [2.75, 3.05) is 30.3 Å². The molecule has 0 saturated heterocycles. The lowest BCUT2D eigenvalue weighted by molar-refractivity contribution is 0.448. The van der Waals surface area contributed by atoms with Gasteiger partial charge in [-0.2, -0.15) is 0 Å². The second-order valence-corrected chi connectivity index (χ2v) is 8.39. The first kappa shape index (κ1) is 18.0. The second kappa shape index (κ2) is 6.65. The fourth-order valence-electron chi connectivity index (χ4n) is 3.48. The van der Waals surface area contributed by atoms with Crippen molar-refractivity contribution in [1.29, 1.82) is 0 Å². The summed E-state index contributed by atoms with van der Waals surface area (Å²) in [7, 11) is -3.29. The van der Waals surface area contributed by atoms with Crippen molar-refractivity contribution < 1.29 is 8.42 Å². The minimum atomic E-state index is -3.29. The Morgan fingerprint density at radius 1 is 1.09 bits per heavy atom. The predicted octanol–water partition coefficient (Wildman–Crippen LogP) is 3.36. The molecule has 0 N–H and O–H groups in total. The van der Waals surface area contributed by atoms with Crippen LogP contribution in [0.25, 0.3) is 5.57 Å². The number of benzene rings is 1. The van der Waals surface area contributed by atoms with Gasteiger partial charge in [-0.05, 0) is 32.4 Å². The molecule has 0 aliphatic carbocycles. The van der Waals surface area contributed by atoms with Crippen molar-refractivity contribution in [3.63, 3.8) is 0 Å². The highest BCUT2D eigenvalue weighted by atomic mass is 32.2. The van der Waals surface area contributed by atoms with E-state index in [1.54, 1.807) is 0 Å². The first-order valence-electron chi connectivity index (χ1n) is 8.33. The third-order valence-electron chi connectivity index (χ3n) is 4.52. The van der Waals surface area contributed by atoms with E-state index in [-0.39, 0.29) is 11.3 Å². The van der Waals surface area contributed by atoms with Crippen LogP contribution in [-0.4, -0.2) is 43.6 Å². The van der Waals surface area contributed by atoms with Gasteiger partial charge in [-0.3, -0.25) is 0 Å². The Bertz CT molecular complexity index is 689. The molecule has 0 radical (unpaired) electrons. The maximum atomic E-state index is 12.7. The molecule has 2 rings (SSSR count). The third kappa shape index (κ3) is 3.45. The Morgan fingerprint density at radius 3 is 2.26 bits per heavy atom. The lowest BCUT2D eigenvalue weighted by atomic mass is 9.89. The molecule has 5 heteroatoms. The molecule has 0 bridgehead atoms. The van der Waals surface area contributed by atoms with E-state index in [0.29, 0.717) is 13.1 Å². The van der Waals surface area contributed by atoms with Crippen molar-refractivity contribution in [1.82, 2.24) is 4.31 Å². The van der Waals surface area contributed by atoms with Gasteiger partial charge >= 0.3 is 0 Å². The first-order valence-corrected chi connectivity index (χ1v) is 9.94. The molecular formula is C18H28N2O2S. The van der Waals surface area contributed by atoms with Crippen LogP contribution in [0.5, 0.6) is 0 Å². The molecule has 0 atom stereocenters. The molecule has 0 amide bonds. The third-order valence-corrected chi connectivity index (χ3v) is 6.50. The monoisotopic (exact) mass is 336 g/mol. The van der Waals surface area contributed by atoms with E-state index in [2.05, 4.69) is 37.8 Å². The number of para-hydroxylation sites is 1. The van der Waals surface area contributed by atoms with Crippen LogP contribution in [0.3, 0.4) is 0 Å². The molecule has 0 aromatic heterocycles. The highest BCUT2D eigenvalue weighted by molar-refractivity contribution is 7.89. The zero-order chi connectivity index (χ0) is 17.3. The summed E-state index contributed by atoms with van der Waals surface area (Å²) in [5.74, 6) is 0.0622. The van der Waals surface area contributed by atoms with E-state index in [9.17, 15) is 8.42 Å². The van der Waals surface area contributed by atoms with Gasteiger partial charge in [0.05, 0.1) is 11.3 Å². The quantitative estimate of drug-likeness (QED) is 0.800. The molecule has 1 aromatic rings. The van der Waals surface area contributed by atoms with Crippen molar-refractivity contribution in [3.05, 3.63) is 35.9 Å². The Kier molecular flexibility index (Phi) is 5.21. The van der Waals surface area contributed by atoms with Crippen molar-refractivity contribution >= 4 is 21.3 Å². The fraction of sp³-hybridized carbons (Fsp3) is 0.556. The lowest BCUT2D eigenvalue weighted by Gasteiger charge is -2.43. The Hall–Kier alpha value is -1.33. The van der Waals surface area contributed by atoms with Gasteiger partial charge in [-0.15, -0.1) is 0 Å². The van der Waals surface area contributed by atoms with E-state index in [1.807, 2.05) is 32.0 Å². The molecule has 128 valence electrons. The van der Waals surface area contributed by atoms with E-state index in [0.717, 1.165) is 23.4 Å². The van der Waals surface area contributed by atoms with Crippen LogP contribution in [0, 0.1) is 0 Å². The normalized spacial score (nSPS) is 17.1. The molecule has 0 saturated carbocycles. The summed E-state index contributed by atoms with van der Waals surface area (Å²) < 4.78 is 26.9. The molecular weight excluding hydrogens is 308 g/mol. The number of likely N-dealkylation sites (N-methyl/N-ethyl adjacent to an activating group) is 1. The number of rotatable bonds is 6. The molecule has 4 nitrogen and oxygen atoms in total. The number of sulfonamides is 1. The highest BCUT2D eigenvalue weighted by Gasteiger charge is 2.33. The van der Waals surface area contributed by atoms with Gasteiger partial charge in [0.25, 0.3) is 0 Å². The van der Waals surface area contributed by atoms with Gasteiger partial charge in [0.2, 0.25) is 10.0 Å². The van der Waals surface area contributed by atoms with E-state index >= 15 is 0 Å². The van der Waals surface area contributed by atoms with Crippen LogP contribution >= 0.6 is 0 Å². The van der Waals surface area contributed by atoms with Crippen molar-refractivity contribution in [3.8, 4) is 0 Å². The standard InChI is InChI=1S/C18H28N2O2S/c1-6-19(7-2)23(21,22)14-15-13-18(4,5)20(8-3)17-12-10-9-11-16(15)17/h9-13H,6-8,14H2,1-5H3. The molecule has 1 aliphatic rings. The molecule has 1 heterocycles. The number of anilines is 1. The van der Waals surface area contributed by atoms with Crippen LogP contribution < -0.4 is 4.90 Å². The van der Waals surface area contributed by atoms with Crippen LogP contribution in [0.2, 0.25) is 0 Å². The first-order chi connectivity index (χ1) is 10.8. The van der Waals surface area contributed by atoms with Crippen molar-refractivity contribution in [2.24, 2.45) is 0 Å². The van der Waals surface area contributed by atoms with Crippen LogP contribution in [0.4, 0.5) is 5.69 Å². The Balaban J connectivity index is 2.48. The number of nitrogens with zero attached hydrogens (tertiary/aromatic N) is 2. The summed E-state index contributed by atoms with van der Waals surface area (Å²) >= 11 is 0. The van der Waals surface area contributed by atoms with Crippen molar-refractivity contribution in [2.45, 2.75) is 40.2 Å². The van der Waals surface area contributed by atoms with Crippen LogP contribution in [0.1, 0.15) is 40.2 Å². The predicted molar refractivity (Wildman–Crippen MR) is 98.2 cm³/mol. The maximum Gasteiger partial charge on any atom is 0.218 e. The molecule has 0 spiro atoms. The summed E-state index contributed by atoms with van der Waals surface area (Å²) in [6, 6.07) is 8.09. The Labute approximate surface area is 140 Å². The smallest absolute Gasteiger partial charge is 0.218 e. The minimum Gasteiger partial charge on any atom is -0.363 e.